The van der Waals surface area contributed by atoms with E-state index in [0.29, 0.717) is 41.5 Å². The van der Waals surface area contributed by atoms with Gasteiger partial charge in [-0.3, -0.25) is 9.69 Å². The molecule has 0 N–H and O–H groups in total. The summed E-state index contributed by atoms with van der Waals surface area (Å²) in [5.41, 5.74) is 2.74. The Morgan fingerprint density at radius 1 is 1.08 bits per heavy atom. The Bertz CT molecular complexity index is 1570. The smallest absolute Gasteiger partial charge is 0.270 e. The first-order valence-electron chi connectivity index (χ1n) is 12.7. The van der Waals surface area contributed by atoms with Crippen molar-refractivity contribution in [2.75, 3.05) is 18.0 Å². The lowest BCUT2D eigenvalue weighted by molar-refractivity contribution is 0.110. The maximum atomic E-state index is 13.8. The molecule has 0 aliphatic carbocycles. The number of pyridine rings is 2. The van der Waals surface area contributed by atoms with E-state index in [0.717, 1.165) is 5.56 Å². The number of hydrogen-bond donors (Lipinski definition) is 0. The van der Waals surface area contributed by atoms with Crippen LogP contribution >= 0.6 is 0 Å². The summed E-state index contributed by atoms with van der Waals surface area (Å²) >= 11 is 0. The van der Waals surface area contributed by atoms with Gasteiger partial charge in [-0.15, -0.1) is 4.98 Å². The fourth-order valence-corrected chi connectivity index (χ4v) is 5.15. The van der Waals surface area contributed by atoms with E-state index in [-0.39, 0.29) is 41.2 Å². The van der Waals surface area contributed by atoms with Gasteiger partial charge in [0.25, 0.3) is 11.4 Å². The third-order valence-electron chi connectivity index (χ3n) is 7.24. The van der Waals surface area contributed by atoms with Gasteiger partial charge in [-0.25, -0.2) is 4.39 Å². The van der Waals surface area contributed by atoms with E-state index < -0.39 is 0 Å². The van der Waals surface area contributed by atoms with Gasteiger partial charge in [0, 0.05) is 44.2 Å². The van der Waals surface area contributed by atoms with Gasteiger partial charge >= 0.3 is 0 Å². The summed E-state index contributed by atoms with van der Waals surface area (Å²) in [4.78, 5) is 30.1. The van der Waals surface area contributed by atoms with Crippen molar-refractivity contribution in [1.29, 1.82) is 0 Å². The Morgan fingerprint density at radius 2 is 1.82 bits per heavy atom. The number of aryl methyl sites for hydroxylation is 1. The molecule has 1 unspecified atom stereocenters. The minimum absolute atomic E-state index is 0.00111. The number of benzene rings is 1. The minimum Gasteiger partial charge on any atom is -0.362 e. The van der Waals surface area contributed by atoms with Crippen LogP contribution in [0.1, 0.15) is 56.9 Å². The van der Waals surface area contributed by atoms with Crippen molar-refractivity contribution in [3.8, 4) is 0 Å². The average Bonchev–Trinajstić information content (AvgIpc) is 3.39. The van der Waals surface area contributed by atoms with Crippen LogP contribution in [-0.4, -0.2) is 49.8 Å². The lowest BCUT2D eigenvalue weighted by Crippen LogP contribution is -2.57. The number of rotatable bonds is 5. The molecule has 1 saturated heterocycles. The molecule has 196 valence electrons. The Labute approximate surface area is 220 Å². The van der Waals surface area contributed by atoms with Gasteiger partial charge < -0.3 is 18.8 Å². The molecular weight excluding hydrogens is 485 g/mol. The summed E-state index contributed by atoms with van der Waals surface area (Å²) < 4.78 is 21.1. The molecule has 0 bridgehead atoms. The quantitative estimate of drug-likeness (QED) is 0.353. The molecular formula is C28H30FN7O2. The first kappa shape index (κ1) is 25.5. The molecule has 4 heterocycles. The molecule has 3 aromatic heterocycles. The fraction of sp³-hybridized carbons (Fsp3) is 0.393. The highest BCUT2D eigenvalue weighted by molar-refractivity contribution is 5.89. The summed E-state index contributed by atoms with van der Waals surface area (Å²) in [6.07, 6.45) is 0. The Kier molecular flexibility index (Phi) is 6.71. The molecule has 0 amide bonds. The molecule has 1 fully saturated rings. The average molecular weight is 516 g/mol. The largest absolute Gasteiger partial charge is 0.362 e. The topological polar surface area (TPSA) is 84.7 Å². The van der Waals surface area contributed by atoms with Gasteiger partial charge in [-0.1, -0.05) is 37.7 Å². The summed E-state index contributed by atoms with van der Waals surface area (Å²) in [7, 11) is 1.71. The zero-order valence-corrected chi connectivity index (χ0v) is 22.1. The standard InChI is InChI=1S/C28H30FN7O2/c1-16(2)27-32-28(38-33-27)26(19-7-9-20(29)10-8-19)36-15-17(3)35(14-18(36)4)22-13-24(37)34(6)21-11-12-23(30-5)31-25(21)22/h7-13,16-18,26H,14-15H2,1-4,6H3/t17-,18+,26?/m0/s1. The van der Waals surface area contributed by atoms with Crippen LogP contribution in [0.4, 0.5) is 15.9 Å². The number of fused-ring (bicyclic) bond motifs is 1. The van der Waals surface area contributed by atoms with Crippen LogP contribution in [0.25, 0.3) is 15.9 Å². The molecule has 1 aliphatic rings. The van der Waals surface area contributed by atoms with E-state index in [1.807, 2.05) is 13.8 Å². The van der Waals surface area contributed by atoms with Crippen LogP contribution in [0.3, 0.4) is 0 Å². The van der Waals surface area contributed by atoms with Crippen molar-refractivity contribution in [3.63, 3.8) is 0 Å². The number of nitrogens with zero attached hydrogens (tertiary/aromatic N) is 7. The Balaban J connectivity index is 1.55. The van der Waals surface area contributed by atoms with Crippen molar-refractivity contribution < 1.29 is 8.91 Å². The molecule has 3 atom stereocenters. The van der Waals surface area contributed by atoms with E-state index in [2.05, 4.69) is 38.6 Å². The SMILES string of the molecule is [C-]#[N+]c1ccc2c(n1)c(N1C[C@@H](C)N(C(c3ccc(F)cc3)c3nc(C(C)C)no3)C[C@@H]1C)cc(=O)n2C. The molecule has 4 aromatic rings. The lowest BCUT2D eigenvalue weighted by Gasteiger charge is -2.47. The first-order chi connectivity index (χ1) is 18.2. The molecule has 38 heavy (non-hydrogen) atoms. The monoisotopic (exact) mass is 515 g/mol. The van der Waals surface area contributed by atoms with Crippen LogP contribution < -0.4 is 10.5 Å². The second kappa shape index (κ2) is 9.99. The number of anilines is 1. The van der Waals surface area contributed by atoms with Crippen LogP contribution in [0.15, 0.2) is 51.8 Å². The molecule has 1 aliphatic heterocycles. The maximum absolute atomic E-state index is 13.8. The predicted molar refractivity (Wildman–Crippen MR) is 143 cm³/mol. The van der Waals surface area contributed by atoms with Crippen molar-refractivity contribution in [3.05, 3.63) is 87.3 Å². The highest BCUT2D eigenvalue weighted by Gasteiger charge is 2.38. The van der Waals surface area contributed by atoms with Crippen molar-refractivity contribution in [2.45, 2.75) is 51.7 Å². The molecule has 9 nitrogen and oxygen atoms in total. The van der Waals surface area contributed by atoms with Crippen LogP contribution in [-0.2, 0) is 7.05 Å². The number of aromatic nitrogens is 4. The zero-order chi connectivity index (χ0) is 27.1. The fourth-order valence-electron chi connectivity index (χ4n) is 5.15. The highest BCUT2D eigenvalue weighted by Crippen LogP contribution is 2.36. The normalized spacial score (nSPS) is 19.2. The highest BCUT2D eigenvalue weighted by atomic mass is 19.1. The predicted octanol–water partition coefficient (Wildman–Crippen LogP) is 4.82. The Hall–Kier alpha value is -4.10. The molecule has 5 rings (SSSR count). The molecule has 0 radical (unpaired) electrons. The minimum atomic E-state index is -0.359. The number of hydrogen-bond acceptors (Lipinski definition) is 7. The first-order valence-corrected chi connectivity index (χ1v) is 12.7. The van der Waals surface area contributed by atoms with Gasteiger partial charge in [-0.2, -0.15) is 4.98 Å². The molecule has 0 saturated carbocycles. The molecule has 10 heteroatoms. The van der Waals surface area contributed by atoms with E-state index >= 15 is 0 Å². The van der Waals surface area contributed by atoms with Crippen molar-refractivity contribution >= 4 is 22.5 Å². The lowest BCUT2D eigenvalue weighted by atomic mass is 9.98. The number of halogens is 1. The van der Waals surface area contributed by atoms with E-state index in [1.54, 1.807) is 41.9 Å². The number of piperazine rings is 1. The van der Waals surface area contributed by atoms with Gasteiger partial charge in [0.05, 0.1) is 11.2 Å². The molecule has 1 aromatic carbocycles. The summed E-state index contributed by atoms with van der Waals surface area (Å²) in [6, 6.07) is 11.0. The second-order valence-corrected chi connectivity index (χ2v) is 10.2. The van der Waals surface area contributed by atoms with Crippen LogP contribution in [0.2, 0.25) is 0 Å². The van der Waals surface area contributed by atoms with Gasteiger partial charge in [0.2, 0.25) is 11.4 Å². The van der Waals surface area contributed by atoms with Crippen LogP contribution in [0, 0.1) is 12.4 Å². The van der Waals surface area contributed by atoms with Gasteiger partial charge in [-0.05, 0) is 43.7 Å². The van der Waals surface area contributed by atoms with Crippen molar-refractivity contribution in [1.82, 2.24) is 24.6 Å². The summed E-state index contributed by atoms with van der Waals surface area (Å²) in [5.74, 6) is 1.17. The van der Waals surface area contributed by atoms with Crippen LogP contribution in [0.5, 0.6) is 0 Å². The second-order valence-electron chi connectivity index (χ2n) is 10.2. The Morgan fingerprint density at radius 3 is 2.47 bits per heavy atom. The maximum Gasteiger partial charge on any atom is 0.270 e. The zero-order valence-electron chi connectivity index (χ0n) is 22.1. The van der Waals surface area contributed by atoms with Gasteiger partial charge in [0.15, 0.2) is 5.82 Å². The third kappa shape index (κ3) is 4.54. The summed E-state index contributed by atoms with van der Waals surface area (Å²) in [6.45, 7) is 16.8. The third-order valence-corrected chi connectivity index (χ3v) is 7.24. The van der Waals surface area contributed by atoms with Gasteiger partial charge in [0.1, 0.15) is 11.9 Å². The van der Waals surface area contributed by atoms with E-state index in [4.69, 9.17) is 16.1 Å². The van der Waals surface area contributed by atoms with E-state index in [9.17, 15) is 9.18 Å². The molecule has 0 spiro atoms. The van der Waals surface area contributed by atoms with E-state index in [1.165, 1.54) is 12.1 Å². The summed E-state index contributed by atoms with van der Waals surface area (Å²) in [5, 5.41) is 4.18. The van der Waals surface area contributed by atoms with Crippen molar-refractivity contribution in [2.24, 2.45) is 7.05 Å².